The molecule has 0 unspecified atom stereocenters. The van der Waals surface area contributed by atoms with Gasteiger partial charge in [-0.3, -0.25) is 4.79 Å². The molecule has 2 atom stereocenters. The summed E-state index contributed by atoms with van der Waals surface area (Å²) < 4.78 is 69.8. The molecule has 4 saturated heterocycles. The minimum atomic E-state index is -4.37. The molecule has 0 radical (unpaired) electrons. The predicted octanol–water partition coefficient (Wildman–Crippen LogP) is 1.83. The van der Waals surface area contributed by atoms with Crippen molar-refractivity contribution in [2.45, 2.75) is 48.9 Å². The fraction of sp³-hybridized carbons (Fsp3) is 0.680. The zero-order valence-corrected chi connectivity index (χ0v) is 21.6. The Labute approximate surface area is 219 Å². The highest BCUT2D eigenvalue weighted by Gasteiger charge is 2.54. The molecule has 38 heavy (non-hydrogen) atoms. The summed E-state index contributed by atoms with van der Waals surface area (Å²) in [6.07, 6.45) is -0.898. The van der Waals surface area contributed by atoms with E-state index in [4.69, 9.17) is 4.74 Å². The lowest BCUT2D eigenvalue weighted by atomic mass is 9.56. The molecule has 1 spiro atoms. The molecule has 1 aromatic carbocycles. The molecule has 1 N–H and O–H groups in total. The van der Waals surface area contributed by atoms with Gasteiger partial charge in [-0.2, -0.15) is 17.5 Å². The first-order chi connectivity index (χ1) is 17.9. The van der Waals surface area contributed by atoms with Gasteiger partial charge in [0.15, 0.2) is 0 Å². The summed E-state index contributed by atoms with van der Waals surface area (Å²) in [5.74, 6) is -1.29. The highest BCUT2D eigenvalue weighted by Crippen LogP contribution is 2.53. The van der Waals surface area contributed by atoms with E-state index in [9.17, 15) is 31.2 Å². The average Bonchev–Trinajstić information content (AvgIpc) is 2.77. The maximum absolute atomic E-state index is 13.0. The van der Waals surface area contributed by atoms with Crippen LogP contribution in [0.25, 0.3) is 0 Å². The van der Waals surface area contributed by atoms with Crippen molar-refractivity contribution in [2.24, 2.45) is 17.3 Å². The Hall–Kier alpha value is -2.38. The number of alkyl halides is 3. The van der Waals surface area contributed by atoms with Gasteiger partial charge in [0.05, 0.1) is 23.0 Å². The monoisotopic (exact) mass is 556 g/mol. The van der Waals surface area contributed by atoms with Gasteiger partial charge >= 0.3 is 12.2 Å². The van der Waals surface area contributed by atoms with Crippen LogP contribution in [0.2, 0.25) is 0 Å². The highest BCUT2D eigenvalue weighted by atomic mass is 32.2. The van der Waals surface area contributed by atoms with Crippen molar-refractivity contribution in [1.82, 2.24) is 19.4 Å². The molecule has 6 rings (SSSR count). The number of halogens is 3. The number of nitrogens with zero attached hydrogens (tertiary/aromatic N) is 3. The molecule has 1 aliphatic carbocycles. The van der Waals surface area contributed by atoms with Crippen LogP contribution in [0.3, 0.4) is 0 Å². The minimum absolute atomic E-state index is 0.0119. The van der Waals surface area contributed by atoms with E-state index >= 15 is 0 Å². The molecule has 1 saturated carbocycles. The molecule has 0 aromatic heterocycles. The second-order valence-corrected chi connectivity index (χ2v) is 13.5. The van der Waals surface area contributed by atoms with E-state index in [2.05, 4.69) is 5.32 Å². The van der Waals surface area contributed by atoms with Gasteiger partial charge in [0.1, 0.15) is 6.61 Å². The second kappa shape index (κ2) is 9.09. The summed E-state index contributed by atoms with van der Waals surface area (Å²) in [6.45, 7) is 1.56. The fourth-order valence-electron chi connectivity index (χ4n) is 6.66. The van der Waals surface area contributed by atoms with Crippen LogP contribution >= 0.6 is 0 Å². The summed E-state index contributed by atoms with van der Waals surface area (Å²) in [5.41, 5.74) is 1.14. The number of hydrogen-bond acceptors (Lipinski definition) is 5. The number of nitrogens with one attached hydrogen (secondary N) is 1. The Morgan fingerprint density at radius 3 is 2.42 bits per heavy atom. The van der Waals surface area contributed by atoms with E-state index in [1.54, 1.807) is 17.0 Å². The van der Waals surface area contributed by atoms with Gasteiger partial charge in [-0.25, -0.2) is 13.2 Å². The molecule has 13 heteroatoms. The number of likely N-dealkylation sites (tertiary alicyclic amines) is 2. The number of fused-ring (bicyclic) bond motifs is 1. The summed E-state index contributed by atoms with van der Waals surface area (Å²) in [6, 6.07) is 6.30. The van der Waals surface area contributed by atoms with E-state index in [0.717, 1.165) is 42.2 Å². The fourth-order valence-corrected chi connectivity index (χ4v) is 8.19. The lowest BCUT2D eigenvalue weighted by molar-refractivity contribution is -0.198. The van der Waals surface area contributed by atoms with Crippen LogP contribution in [-0.2, 0) is 26.0 Å². The molecule has 5 aliphatic rings. The van der Waals surface area contributed by atoms with Crippen molar-refractivity contribution < 1.29 is 35.9 Å². The zero-order chi connectivity index (χ0) is 26.9. The number of ether oxygens (including phenoxy) is 1. The third-order valence-electron chi connectivity index (χ3n) is 8.76. The first-order valence-corrected chi connectivity index (χ1v) is 14.5. The van der Waals surface area contributed by atoms with Crippen molar-refractivity contribution in [3.05, 3.63) is 29.8 Å². The molecule has 9 nitrogen and oxygen atoms in total. The molecule has 3 amide bonds. The quantitative estimate of drug-likeness (QED) is 0.610. The van der Waals surface area contributed by atoms with Crippen molar-refractivity contribution in [3.63, 3.8) is 0 Å². The van der Waals surface area contributed by atoms with E-state index < -0.39 is 35.2 Å². The highest BCUT2D eigenvalue weighted by molar-refractivity contribution is 7.89. The van der Waals surface area contributed by atoms with Gasteiger partial charge < -0.3 is 19.9 Å². The Morgan fingerprint density at radius 2 is 1.76 bits per heavy atom. The number of piperidine rings is 1. The van der Waals surface area contributed by atoms with Crippen LogP contribution in [0.4, 0.5) is 18.0 Å². The van der Waals surface area contributed by atoms with Crippen molar-refractivity contribution in [2.75, 3.05) is 45.9 Å². The van der Waals surface area contributed by atoms with Gasteiger partial charge in [-0.15, -0.1) is 0 Å². The Kier molecular flexibility index (Phi) is 6.19. The zero-order valence-electron chi connectivity index (χ0n) is 20.8. The number of hydrogen-bond donors (Lipinski definition) is 1. The van der Waals surface area contributed by atoms with E-state index in [1.165, 1.54) is 12.1 Å². The molecular formula is C25H31F3N4O5S. The molecule has 4 heterocycles. The number of benzene rings is 1. The maximum atomic E-state index is 13.0. The van der Waals surface area contributed by atoms with Crippen LogP contribution in [0, 0.1) is 17.3 Å². The second-order valence-electron chi connectivity index (χ2n) is 11.6. The SMILES string of the molecule is O=C1CO[C@H]2CCN(C(=O)N3CC4(CC(Cc5ccc(S(=O)(=O)N6CC(C(F)(F)F)C6)cc5)C4)C3)C[C@H]2N1. The standard InChI is InChI=1S/C25H31F3N4O5S/c26-25(27,28)18-10-32(11-18)38(35,36)19-3-1-16(2-4-19)7-17-8-24(9-17)14-31(15-24)23(34)30-6-5-21-20(12-30)29-22(33)13-37-21/h1-4,17-18,20-21H,5-15H2,(H,29,33)/t20-,21+/m1/s1. The molecular weight excluding hydrogens is 525 g/mol. The van der Waals surface area contributed by atoms with Crippen LogP contribution < -0.4 is 5.32 Å². The average molecular weight is 557 g/mol. The summed E-state index contributed by atoms with van der Waals surface area (Å²) in [5, 5.41) is 2.92. The summed E-state index contributed by atoms with van der Waals surface area (Å²) in [7, 11) is -3.91. The molecule has 208 valence electrons. The number of sulfonamides is 1. The van der Waals surface area contributed by atoms with Gasteiger partial charge in [0, 0.05) is 44.7 Å². The first kappa shape index (κ1) is 25.9. The molecule has 1 aromatic rings. The van der Waals surface area contributed by atoms with Crippen molar-refractivity contribution in [3.8, 4) is 0 Å². The van der Waals surface area contributed by atoms with E-state index in [0.29, 0.717) is 25.4 Å². The van der Waals surface area contributed by atoms with Crippen LogP contribution in [-0.4, -0.2) is 98.7 Å². The number of morpholine rings is 1. The lowest BCUT2D eigenvalue weighted by Crippen LogP contribution is -2.68. The predicted molar refractivity (Wildman–Crippen MR) is 128 cm³/mol. The molecule has 4 aliphatic heterocycles. The Balaban J connectivity index is 0.953. The number of carbonyl (C=O) groups is 2. The third kappa shape index (κ3) is 4.66. The van der Waals surface area contributed by atoms with Gasteiger partial charge in [-0.05, 0) is 49.3 Å². The first-order valence-electron chi connectivity index (χ1n) is 13.0. The van der Waals surface area contributed by atoms with E-state index in [-0.39, 0.29) is 41.0 Å². The lowest BCUT2D eigenvalue weighted by Gasteiger charge is -2.60. The van der Waals surface area contributed by atoms with Crippen LogP contribution in [0.1, 0.15) is 24.8 Å². The summed E-state index contributed by atoms with van der Waals surface area (Å²) >= 11 is 0. The van der Waals surface area contributed by atoms with Gasteiger partial charge in [0.2, 0.25) is 15.9 Å². The van der Waals surface area contributed by atoms with Crippen LogP contribution in [0.15, 0.2) is 29.2 Å². The number of carbonyl (C=O) groups excluding carboxylic acids is 2. The number of rotatable bonds is 4. The van der Waals surface area contributed by atoms with Gasteiger partial charge in [-0.1, -0.05) is 12.1 Å². The Bertz CT molecular complexity index is 1200. The number of urea groups is 1. The Morgan fingerprint density at radius 1 is 1.08 bits per heavy atom. The van der Waals surface area contributed by atoms with Crippen molar-refractivity contribution >= 4 is 22.0 Å². The molecule has 0 bridgehead atoms. The smallest absolute Gasteiger partial charge is 0.366 e. The van der Waals surface area contributed by atoms with Gasteiger partial charge in [0.25, 0.3) is 0 Å². The van der Waals surface area contributed by atoms with Crippen LogP contribution in [0.5, 0.6) is 0 Å². The summed E-state index contributed by atoms with van der Waals surface area (Å²) in [4.78, 5) is 28.3. The van der Waals surface area contributed by atoms with Crippen molar-refractivity contribution in [1.29, 1.82) is 0 Å². The minimum Gasteiger partial charge on any atom is -0.366 e. The van der Waals surface area contributed by atoms with E-state index in [1.807, 2.05) is 4.90 Å². The normalized spacial score (nSPS) is 28.2. The largest absolute Gasteiger partial charge is 0.394 e. The third-order valence-corrected chi connectivity index (χ3v) is 10.6. The molecule has 5 fully saturated rings. The topological polar surface area (TPSA) is 99.3 Å². The number of amides is 3. The maximum Gasteiger partial charge on any atom is 0.394 e.